The molecule has 3 heterocycles. The van der Waals surface area contributed by atoms with Gasteiger partial charge >= 0.3 is 5.69 Å². The molecule has 0 atom stereocenters. The maximum Gasteiger partial charge on any atom is 0.332 e. The second-order valence-corrected chi connectivity index (χ2v) is 9.10. The van der Waals surface area contributed by atoms with Crippen molar-refractivity contribution in [2.45, 2.75) is 32.9 Å². The number of rotatable bonds is 6. The second-order valence-electron chi connectivity index (χ2n) is 9.10. The van der Waals surface area contributed by atoms with Crippen molar-refractivity contribution in [3.8, 4) is 22.5 Å². The van der Waals surface area contributed by atoms with Gasteiger partial charge in [0.1, 0.15) is 5.82 Å². The van der Waals surface area contributed by atoms with Crippen LogP contribution in [0.15, 0.2) is 58.1 Å². The molecule has 35 heavy (non-hydrogen) atoms. The Morgan fingerprint density at radius 1 is 1.00 bits per heavy atom. The Morgan fingerprint density at radius 2 is 1.74 bits per heavy atom. The van der Waals surface area contributed by atoms with E-state index in [0.717, 1.165) is 35.1 Å². The number of imidazole rings is 1. The number of nitrogens with zero attached hydrogens (tertiary/aromatic N) is 7. The molecule has 1 aliphatic carbocycles. The van der Waals surface area contributed by atoms with Crippen molar-refractivity contribution in [1.29, 1.82) is 0 Å². The molecule has 0 radical (unpaired) electrons. The molecule has 0 unspecified atom stereocenters. The monoisotopic (exact) mass is 468 g/mol. The fourth-order valence-electron chi connectivity index (χ4n) is 4.56. The number of hydrogen-bond donors (Lipinski definition) is 1. The summed E-state index contributed by atoms with van der Waals surface area (Å²) >= 11 is 0. The largest absolute Gasteiger partial charge is 0.332 e. The van der Waals surface area contributed by atoms with Gasteiger partial charge in [0.05, 0.1) is 0 Å². The summed E-state index contributed by atoms with van der Waals surface area (Å²) < 4.78 is 4.76. The van der Waals surface area contributed by atoms with Crippen LogP contribution in [-0.4, -0.2) is 39.3 Å². The lowest BCUT2D eigenvalue weighted by atomic mass is 9.98. The molecule has 0 saturated heterocycles. The third kappa shape index (κ3) is 3.67. The lowest BCUT2D eigenvalue weighted by Crippen LogP contribution is -2.39. The van der Waals surface area contributed by atoms with Crippen molar-refractivity contribution >= 4 is 11.2 Å². The molecule has 0 spiro atoms. The van der Waals surface area contributed by atoms with Crippen molar-refractivity contribution in [2.24, 2.45) is 13.0 Å². The standard InChI is InChI=1S/C25H24N8O2/c1-15-26-23-21(24(34)31(2)25(35)33(23)14-16-7-8-16)32(15)13-17-9-11-18(12-10-17)19-5-3-4-6-20(19)22-27-29-30-28-22/h3-6,9-12,16H,7-8,13-14H2,1-2H3,(H,27,28,29,30). The minimum absolute atomic E-state index is 0.302. The van der Waals surface area contributed by atoms with Crippen LogP contribution >= 0.6 is 0 Å². The predicted molar refractivity (Wildman–Crippen MR) is 131 cm³/mol. The number of nitrogens with one attached hydrogen (secondary N) is 1. The molecule has 10 nitrogen and oxygen atoms in total. The summed E-state index contributed by atoms with van der Waals surface area (Å²) in [6, 6.07) is 16.1. The van der Waals surface area contributed by atoms with E-state index in [4.69, 9.17) is 0 Å². The number of fused-ring (bicyclic) bond motifs is 1. The topological polar surface area (TPSA) is 116 Å². The average Bonchev–Trinajstić information content (AvgIpc) is 3.41. The summed E-state index contributed by atoms with van der Waals surface area (Å²) in [5.74, 6) is 1.73. The van der Waals surface area contributed by atoms with E-state index in [1.54, 1.807) is 4.57 Å². The Morgan fingerprint density at radius 3 is 2.43 bits per heavy atom. The van der Waals surface area contributed by atoms with Crippen molar-refractivity contribution in [3.63, 3.8) is 0 Å². The van der Waals surface area contributed by atoms with E-state index in [1.165, 1.54) is 11.6 Å². The number of tetrazole rings is 1. The summed E-state index contributed by atoms with van der Waals surface area (Å²) in [6.07, 6.45) is 2.22. The molecule has 0 amide bonds. The molecule has 10 heteroatoms. The van der Waals surface area contributed by atoms with Gasteiger partial charge in [0.15, 0.2) is 11.2 Å². The van der Waals surface area contributed by atoms with Gasteiger partial charge in [-0.1, -0.05) is 48.5 Å². The smallest absolute Gasteiger partial charge is 0.318 e. The molecule has 6 rings (SSSR count). The number of aromatic amines is 1. The van der Waals surface area contributed by atoms with Crippen LogP contribution in [-0.2, 0) is 20.1 Å². The maximum absolute atomic E-state index is 13.1. The van der Waals surface area contributed by atoms with Crippen molar-refractivity contribution in [3.05, 3.63) is 80.8 Å². The third-order valence-corrected chi connectivity index (χ3v) is 6.68. The fourth-order valence-corrected chi connectivity index (χ4v) is 4.56. The van der Waals surface area contributed by atoms with Crippen molar-refractivity contribution < 1.29 is 0 Å². The highest BCUT2D eigenvalue weighted by molar-refractivity contribution is 5.80. The van der Waals surface area contributed by atoms with Gasteiger partial charge in [-0.3, -0.25) is 13.9 Å². The molecule has 176 valence electrons. The fraction of sp³-hybridized carbons (Fsp3) is 0.280. The molecule has 1 aliphatic rings. The van der Waals surface area contributed by atoms with Crippen LogP contribution in [0.1, 0.15) is 24.2 Å². The van der Waals surface area contributed by atoms with Crippen LogP contribution in [0.25, 0.3) is 33.7 Å². The van der Waals surface area contributed by atoms with Gasteiger partial charge in [-0.15, -0.1) is 10.2 Å². The first-order valence-corrected chi connectivity index (χ1v) is 11.6. The zero-order valence-corrected chi connectivity index (χ0v) is 19.5. The van der Waals surface area contributed by atoms with Crippen molar-refractivity contribution in [1.82, 2.24) is 39.3 Å². The minimum Gasteiger partial charge on any atom is -0.318 e. The lowest BCUT2D eigenvalue weighted by Gasteiger charge is -2.11. The Bertz CT molecular complexity index is 1660. The van der Waals surface area contributed by atoms with Gasteiger partial charge in [-0.05, 0) is 47.6 Å². The number of hydrogen-bond acceptors (Lipinski definition) is 6. The number of benzene rings is 2. The normalized spacial score (nSPS) is 13.5. The molecule has 5 aromatic rings. The quantitative estimate of drug-likeness (QED) is 0.409. The minimum atomic E-state index is -0.316. The van der Waals surface area contributed by atoms with Crippen LogP contribution in [0.4, 0.5) is 0 Å². The lowest BCUT2D eigenvalue weighted by molar-refractivity contribution is 0.576. The molecule has 1 N–H and O–H groups in total. The van der Waals surface area contributed by atoms with Gasteiger partial charge in [-0.2, -0.15) is 5.21 Å². The van der Waals surface area contributed by atoms with Crippen LogP contribution in [0.2, 0.25) is 0 Å². The van der Waals surface area contributed by atoms with Gasteiger partial charge in [0.25, 0.3) is 5.56 Å². The van der Waals surface area contributed by atoms with Gasteiger partial charge in [0.2, 0.25) is 5.82 Å². The van der Waals surface area contributed by atoms with Crippen LogP contribution in [0.5, 0.6) is 0 Å². The summed E-state index contributed by atoms with van der Waals surface area (Å²) in [4.78, 5) is 30.5. The zero-order chi connectivity index (χ0) is 24.1. The number of H-pyrrole nitrogens is 1. The zero-order valence-electron chi connectivity index (χ0n) is 19.5. The van der Waals surface area contributed by atoms with Crippen LogP contribution < -0.4 is 11.2 Å². The van der Waals surface area contributed by atoms with Crippen molar-refractivity contribution in [2.75, 3.05) is 0 Å². The van der Waals surface area contributed by atoms with E-state index >= 15 is 0 Å². The third-order valence-electron chi connectivity index (χ3n) is 6.68. The van der Waals surface area contributed by atoms with E-state index in [0.29, 0.717) is 41.8 Å². The van der Waals surface area contributed by atoms with E-state index in [9.17, 15) is 9.59 Å². The Hall–Kier alpha value is -4.34. The number of aryl methyl sites for hydroxylation is 1. The molecule has 1 saturated carbocycles. The first kappa shape index (κ1) is 21.2. The molecular formula is C25H24N8O2. The Kier molecular flexibility index (Phi) is 4.94. The van der Waals surface area contributed by atoms with Gasteiger partial charge in [-0.25, -0.2) is 9.78 Å². The second kappa shape index (κ2) is 8.15. The predicted octanol–water partition coefficient (Wildman–Crippen LogP) is 2.51. The van der Waals surface area contributed by atoms with Crippen LogP contribution in [0.3, 0.4) is 0 Å². The SMILES string of the molecule is Cc1nc2c(c(=O)n(C)c(=O)n2CC2CC2)n1Cc1ccc(-c2ccccc2-c2nn[nH]n2)cc1. The molecular weight excluding hydrogens is 444 g/mol. The molecule has 1 fully saturated rings. The molecule has 0 aliphatic heterocycles. The molecule has 0 bridgehead atoms. The highest BCUT2D eigenvalue weighted by atomic mass is 16.2. The van der Waals surface area contributed by atoms with E-state index in [-0.39, 0.29) is 11.2 Å². The van der Waals surface area contributed by atoms with E-state index in [1.807, 2.05) is 60.0 Å². The summed E-state index contributed by atoms with van der Waals surface area (Å²) in [5, 5.41) is 14.4. The first-order chi connectivity index (χ1) is 17.0. The first-order valence-electron chi connectivity index (χ1n) is 11.6. The van der Waals surface area contributed by atoms with Gasteiger partial charge in [0, 0.05) is 25.7 Å². The highest BCUT2D eigenvalue weighted by Crippen LogP contribution is 2.31. The van der Waals surface area contributed by atoms with E-state index in [2.05, 4.69) is 25.6 Å². The van der Waals surface area contributed by atoms with E-state index < -0.39 is 0 Å². The van der Waals surface area contributed by atoms with Crippen LogP contribution in [0, 0.1) is 12.8 Å². The summed E-state index contributed by atoms with van der Waals surface area (Å²) in [5.41, 5.74) is 4.27. The Balaban J connectivity index is 1.38. The highest BCUT2D eigenvalue weighted by Gasteiger charge is 2.26. The van der Waals surface area contributed by atoms with Gasteiger partial charge < -0.3 is 4.57 Å². The summed E-state index contributed by atoms with van der Waals surface area (Å²) in [6.45, 7) is 2.96. The molecule has 3 aromatic heterocycles. The Labute approximate surface area is 199 Å². The average molecular weight is 469 g/mol. The molecule has 2 aromatic carbocycles. The summed E-state index contributed by atoms with van der Waals surface area (Å²) in [7, 11) is 1.54. The number of aromatic nitrogens is 8. The maximum atomic E-state index is 13.1.